The minimum absolute atomic E-state index is 0.0784. The van der Waals surface area contributed by atoms with Crippen molar-refractivity contribution in [3.63, 3.8) is 0 Å². The zero-order valence-corrected chi connectivity index (χ0v) is 17.6. The SMILES string of the molecule is COc1ccc(C2=C[C@@H]3c4cc(C)ccc4OC4(CCN(C(C)=O)CC4)N3N2)cc1. The molecule has 1 saturated heterocycles. The molecule has 5 rings (SSSR count). The fourth-order valence-corrected chi connectivity index (χ4v) is 4.74. The molecular formula is C24H27N3O3. The minimum atomic E-state index is -0.483. The van der Waals surface area contributed by atoms with Crippen LogP contribution in [0.25, 0.3) is 5.70 Å². The minimum Gasteiger partial charge on any atom is -0.497 e. The summed E-state index contributed by atoms with van der Waals surface area (Å²) in [6, 6.07) is 14.6. The van der Waals surface area contributed by atoms with Crippen LogP contribution < -0.4 is 14.9 Å². The van der Waals surface area contributed by atoms with Crippen molar-refractivity contribution in [2.24, 2.45) is 0 Å². The van der Waals surface area contributed by atoms with Crippen LogP contribution in [0.3, 0.4) is 0 Å². The van der Waals surface area contributed by atoms with Gasteiger partial charge in [-0.25, -0.2) is 0 Å². The maximum atomic E-state index is 11.9. The van der Waals surface area contributed by atoms with Crippen LogP contribution in [0.5, 0.6) is 11.5 Å². The number of nitrogens with one attached hydrogen (secondary N) is 1. The first-order valence-electron chi connectivity index (χ1n) is 10.5. The highest BCUT2D eigenvalue weighted by atomic mass is 16.5. The van der Waals surface area contributed by atoms with E-state index in [4.69, 9.17) is 9.47 Å². The Balaban J connectivity index is 1.52. The predicted octanol–water partition coefficient (Wildman–Crippen LogP) is 3.64. The summed E-state index contributed by atoms with van der Waals surface area (Å²) in [5, 5.41) is 2.26. The zero-order valence-electron chi connectivity index (χ0n) is 17.6. The van der Waals surface area contributed by atoms with Gasteiger partial charge in [-0.05, 0) is 48.9 Å². The molecule has 1 N–H and O–H groups in total. The zero-order chi connectivity index (χ0) is 20.9. The lowest BCUT2D eigenvalue weighted by molar-refractivity contribution is -0.165. The van der Waals surface area contributed by atoms with Crippen LogP contribution in [0.2, 0.25) is 0 Å². The maximum absolute atomic E-state index is 11.9. The van der Waals surface area contributed by atoms with Crippen LogP contribution in [-0.2, 0) is 4.79 Å². The van der Waals surface area contributed by atoms with Crippen molar-refractivity contribution in [2.75, 3.05) is 20.2 Å². The number of piperidine rings is 1. The van der Waals surface area contributed by atoms with Gasteiger partial charge in [0.2, 0.25) is 5.91 Å². The topological polar surface area (TPSA) is 54.0 Å². The summed E-state index contributed by atoms with van der Waals surface area (Å²) in [5.41, 5.74) is 7.71. The molecule has 3 aliphatic heterocycles. The number of likely N-dealkylation sites (tertiary alicyclic amines) is 1. The second kappa shape index (κ2) is 7.06. The van der Waals surface area contributed by atoms with Crippen molar-refractivity contribution < 1.29 is 14.3 Å². The molecule has 1 atom stereocenters. The molecule has 0 unspecified atom stereocenters. The predicted molar refractivity (Wildman–Crippen MR) is 115 cm³/mol. The van der Waals surface area contributed by atoms with E-state index in [1.54, 1.807) is 14.0 Å². The fourth-order valence-electron chi connectivity index (χ4n) is 4.74. The van der Waals surface area contributed by atoms with Gasteiger partial charge in [0.25, 0.3) is 0 Å². The summed E-state index contributed by atoms with van der Waals surface area (Å²) in [7, 11) is 1.68. The summed E-state index contributed by atoms with van der Waals surface area (Å²) in [5.74, 6) is 1.90. The van der Waals surface area contributed by atoms with Gasteiger partial charge in [-0.15, -0.1) is 0 Å². The van der Waals surface area contributed by atoms with Gasteiger partial charge in [0.05, 0.1) is 18.8 Å². The maximum Gasteiger partial charge on any atom is 0.219 e. The van der Waals surface area contributed by atoms with E-state index in [0.717, 1.165) is 35.6 Å². The molecule has 1 fully saturated rings. The third-order valence-corrected chi connectivity index (χ3v) is 6.46. The number of amides is 1. The highest BCUT2D eigenvalue weighted by Gasteiger charge is 2.51. The number of hydrogen-bond acceptors (Lipinski definition) is 5. The van der Waals surface area contributed by atoms with Gasteiger partial charge >= 0.3 is 0 Å². The van der Waals surface area contributed by atoms with Crippen LogP contribution in [0.15, 0.2) is 48.5 Å². The van der Waals surface area contributed by atoms with Crippen LogP contribution in [0, 0.1) is 6.92 Å². The first kappa shape index (κ1) is 19.0. The number of aryl methyl sites for hydroxylation is 1. The second-order valence-electron chi connectivity index (χ2n) is 8.33. The third-order valence-electron chi connectivity index (χ3n) is 6.46. The summed E-state index contributed by atoms with van der Waals surface area (Å²) >= 11 is 0. The monoisotopic (exact) mass is 405 g/mol. The number of ether oxygens (including phenoxy) is 2. The van der Waals surface area contributed by atoms with E-state index < -0.39 is 5.72 Å². The number of fused-ring (bicyclic) bond motifs is 4. The largest absolute Gasteiger partial charge is 0.497 e. The number of methoxy groups -OCH3 is 1. The van der Waals surface area contributed by atoms with E-state index in [1.807, 2.05) is 17.0 Å². The summed E-state index contributed by atoms with van der Waals surface area (Å²) in [4.78, 5) is 13.8. The van der Waals surface area contributed by atoms with Gasteiger partial charge in [0.1, 0.15) is 11.5 Å². The number of hydrogen-bond donors (Lipinski definition) is 1. The Labute approximate surface area is 177 Å². The smallest absolute Gasteiger partial charge is 0.219 e. The van der Waals surface area contributed by atoms with Crippen molar-refractivity contribution in [2.45, 2.75) is 38.5 Å². The number of hydrazine groups is 1. The summed E-state index contributed by atoms with van der Waals surface area (Å²) in [6.07, 6.45) is 3.79. The van der Waals surface area contributed by atoms with Gasteiger partial charge in [0, 0.05) is 38.4 Å². The van der Waals surface area contributed by atoms with Crippen molar-refractivity contribution >= 4 is 11.6 Å². The van der Waals surface area contributed by atoms with Crippen molar-refractivity contribution in [3.8, 4) is 11.5 Å². The van der Waals surface area contributed by atoms with E-state index in [2.05, 4.69) is 53.8 Å². The van der Waals surface area contributed by atoms with Crippen LogP contribution >= 0.6 is 0 Å². The summed E-state index contributed by atoms with van der Waals surface area (Å²) in [6.45, 7) is 5.13. The third kappa shape index (κ3) is 3.03. The standard InChI is InChI=1S/C24H27N3O3/c1-16-4-9-23-20(14-16)22-15-21(18-5-7-19(29-3)8-6-18)25-27(22)24(30-23)10-12-26(13-11-24)17(2)28/h4-9,14-15,22,25H,10-13H2,1-3H3/t22-/m1/s1. The first-order chi connectivity index (χ1) is 14.5. The van der Waals surface area contributed by atoms with E-state index in [0.29, 0.717) is 13.1 Å². The Morgan fingerprint density at radius 2 is 1.90 bits per heavy atom. The van der Waals surface area contributed by atoms with Gasteiger partial charge in [0.15, 0.2) is 5.72 Å². The Kier molecular flexibility index (Phi) is 4.47. The molecule has 0 bridgehead atoms. The molecule has 6 heteroatoms. The van der Waals surface area contributed by atoms with Crippen molar-refractivity contribution in [1.82, 2.24) is 15.3 Å². The lowest BCUT2D eigenvalue weighted by Crippen LogP contribution is -2.64. The molecule has 1 spiro atoms. The Hall–Kier alpha value is -2.99. The van der Waals surface area contributed by atoms with Gasteiger partial charge < -0.3 is 19.8 Å². The van der Waals surface area contributed by atoms with Crippen molar-refractivity contribution in [3.05, 3.63) is 65.2 Å². The molecule has 3 aliphatic rings. The normalized spacial score (nSPS) is 21.9. The molecule has 0 saturated carbocycles. The highest BCUT2D eigenvalue weighted by molar-refractivity contribution is 5.73. The fraction of sp³-hybridized carbons (Fsp3) is 0.375. The van der Waals surface area contributed by atoms with Crippen LogP contribution in [-0.4, -0.2) is 41.7 Å². The van der Waals surface area contributed by atoms with E-state index >= 15 is 0 Å². The number of nitrogens with zero attached hydrogens (tertiary/aromatic N) is 2. The number of benzene rings is 2. The Morgan fingerprint density at radius 3 is 2.57 bits per heavy atom. The van der Waals surface area contributed by atoms with Crippen molar-refractivity contribution in [1.29, 1.82) is 0 Å². The number of carbonyl (C=O) groups excluding carboxylic acids is 1. The van der Waals surface area contributed by atoms with Gasteiger partial charge in [-0.2, -0.15) is 5.01 Å². The molecule has 1 amide bonds. The number of carbonyl (C=O) groups is 1. The molecule has 30 heavy (non-hydrogen) atoms. The Morgan fingerprint density at radius 1 is 1.17 bits per heavy atom. The van der Waals surface area contributed by atoms with Crippen LogP contribution in [0.4, 0.5) is 0 Å². The van der Waals surface area contributed by atoms with Gasteiger partial charge in [-0.1, -0.05) is 17.7 Å². The molecule has 0 aliphatic carbocycles. The second-order valence-corrected chi connectivity index (χ2v) is 8.33. The summed E-state index contributed by atoms with van der Waals surface area (Å²) < 4.78 is 12.0. The number of rotatable bonds is 2. The molecule has 3 heterocycles. The Bertz CT molecular complexity index is 1010. The lowest BCUT2D eigenvalue weighted by Gasteiger charge is -2.51. The first-order valence-corrected chi connectivity index (χ1v) is 10.5. The quantitative estimate of drug-likeness (QED) is 0.827. The highest BCUT2D eigenvalue weighted by Crippen LogP contribution is 2.48. The van der Waals surface area contributed by atoms with E-state index in [1.165, 1.54) is 11.1 Å². The average molecular weight is 405 g/mol. The molecular weight excluding hydrogens is 378 g/mol. The molecule has 2 aromatic rings. The average Bonchev–Trinajstić information content (AvgIpc) is 3.22. The molecule has 6 nitrogen and oxygen atoms in total. The molecule has 0 radical (unpaired) electrons. The van der Waals surface area contributed by atoms with Crippen LogP contribution in [0.1, 0.15) is 42.5 Å². The van der Waals surface area contributed by atoms with E-state index in [-0.39, 0.29) is 11.9 Å². The molecule has 0 aromatic heterocycles. The lowest BCUT2D eigenvalue weighted by atomic mass is 9.92. The molecule has 2 aromatic carbocycles. The van der Waals surface area contributed by atoms with Gasteiger partial charge in [-0.3, -0.25) is 4.79 Å². The van der Waals surface area contributed by atoms with E-state index in [9.17, 15) is 4.79 Å². The molecule has 156 valence electrons.